The van der Waals surface area contributed by atoms with Gasteiger partial charge >= 0.3 is 5.97 Å². The molecule has 3 aromatic rings. The lowest BCUT2D eigenvalue weighted by Gasteiger charge is -2.31. The van der Waals surface area contributed by atoms with Crippen molar-refractivity contribution in [3.05, 3.63) is 62.4 Å². The van der Waals surface area contributed by atoms with E-state index in [9.17, 15) is 14.7 Å². The molecular weight excluding hydrogens is 444 g/mol. The van der Waals surface area contributed by atoms with Gasteiger partial charge in [-0.3, -0.25) is 4.79 Å². The summed E-state index contributed by atoms with van der Waals surface area (Å²) in [5, 5.41) is 12.1. The third kappa shape index (κ3) is 3.32. The van der Waals surface area contributed by atoms with Crippen LogP contribution >= 0.6 is 0 Å². The Morgan fingerprint density at radius 3 is 2.65 bits per heavy atom. The Balaban J connectivity index is 1.77. The van der Waals surface area contributed by atoms with Crippen LogP contribution in [0.5, 0.6) is 0 Å². The fourth-order valence-corrected chi connectivity index (χ4v) is 5.28. The van der Waals surface area contributed by atoms with E-state index in [0.717, 1.165) is 39.7 Å². The molecule has 5 rings (SSSR count). The molecule has 0 saturated carbocycles. The van der Waals surface area contributed by atoms with Gasteiger partial charge in [0.15, 0.2) is 5.60 Å². The maximum atomic E-state index is 13.4. The molecule has 4 heterocycles. The SMILES string of the molecule is CCc1ccc(C#C[Si](C)(C)C)c2cc3c(nc12)-c1cc2c(c(=O)n1C3)COC(=O)[C@]2(O)CC. The van der Waals surface area contributed by atoms with Crippen molar-refractivity contribution in [2.45, 2.75) is 65.1 Å². The molecule has 0 amide bonds. The zero-order valence-corrected chi connectivity index (χ0v) is 21.2. The lowest BCUT2D eigenvalue weighted by atomic mass is 9.86. The van der Waals surface area contributed by atoms with Crippen molar-refractivity contribution < 1.29 is 14.6 Å². The number of aromatic nitrogens is 2. The summed E-state index contributed by atoms with van der Waals surface area (Å²) in [6.07, 6.45) is 0.946. The Kier molecular flexibility index (Phi) is 5.08. The van der Waals surface area contributed by atoms with E-state index in [1.54, 1.807) is 17.6 Å². The average molecular weight is 473 g/mol. The molecular formula is C27H28N2O4Si. The Hall–Kier alpha value is -3.21. The first kappa shape index (κ1) is 22.6. The maximum Gasteiger partial charge on any atom is 0.343 e. The number of carbonyl (C=O) groups excluding carboxylic acids is 1. The lowest BCUT2D eigenvalue weighted by molar-refractivity contribution is -0.172. The Morgan fingerprint density at radius 2 is 1.97 bits per heavy atom. The van der Waals surface area contributed by atoms with Crippen molar-refractivity contribution in [2.24, 2.45) is 0 Å². The van der Waals surface area contributed by atoms with Gasteiger partial charge in [-0.15, -0.1) is 5.54 Å². The number of cyclic esters (lactones) is 1. The van der Waals surface area contributed by atoms with E-state index in [0.29, 0.717) is 23.4 Å². The summed E-state index contributed by atoms with van der Waals surface area (Å²) < 4.78 is 6.83. The Morgan fingerprint density at radius 1 is 1.21 bits per heavy atom. The fourth-order valence-electron chi connectivity index (χ4n) is 4.77. The second-order valence-electron chi connectivity index (χ2n) is 10.1. The van der Waals surface area contributed by atoms with Crippen LogP contribution < -0.4 is 5.56 Å². The molecule has 1 atom stereocenters. The minimum Gasteiger partial charge on any atom is -0.458 e. The predicted octanol–water partition coefficient (Wildman–Crippen LogP) is 3.87. The van der Waals surface area contributed by atoms with Crippen LogP contribution in [0.4, 0.5) is 0 Å². The van der Waals surface area contributed by atoms with Crippen LogP contribution in [-0.4, -0.2) is 28.7 Å². The van der Waals surface area contributed by atoms with Crippen molar-refractivity contribution in [3.8, 4) is 22.9 Å². The topological polar surface area (TPSA) is 81.4 Å². The zero-order chi connectivity index (χ0) is 24.4. The molecule has 0 radical (unpaired) electrons. The quantitative estimate of drug-likeness (QED) is 0.272. The molecule has 1 aromatic carbocycles. The van der Waals surface area contributed by atoms with E-state index in [1.807, 2.05) is 0 Å². The molecule has 174 valence electrons. The van der Waals surface area contributed by atoms with Gasteiger partial charge in [-0.25, -0.2) is 9.78 Å². The molecule has 0 fully saturated rings. The van der Waals surface area contributed by atoms with E-state index in [4.69, 9.17) is 9.72 Å². The number of aliphatic hydroxyl groups is 1. The largest absolute Gasteiger partial charge is 0.458 e. The minimum atomic E-state index is -1.82. The van der Waals surface area contributed by atoms with E-state index >= 15 is 0 Å². The first-order valence-electron chi connectivity index (χ1n) is 11.7. The summed E-state index contributed by atoms with van der Waals surface area (Å²) in [7, 11) is -1.56. The second kappa shape index (κ2) is 7.65. The summed E-state index contributed by atoms with van der Waals surface area (Å²) in [4.78, 5) is 30.8. The number of hydrogen-bond donors (Lipinski definition) is 1. The van der Waals surface area contributed by atoms with Crippen LogP contribution in [0.1, 0.15) is 48.1 Å². The molecule has 0 saturated heterocycles. The monoisotopic (exact) mass is 472 g/mol. The predicted molar refractivity (Wildman–Crippen MR) is 134 cm³/mol. The highest BCUT2D eigenvalue weighted by atomic mass is 28.3. The van der Waals surface area contributed by atoms with Crippen LogP contribution in [0.3, 0.4) is 0 Å². The molecule has 0 aliphatic carbocycles. The van der Waals surface area contributed by atoms with E-state index in [1.165, 1.54) is 0 Å². The number of esters is 1. The van der Waals surface area contributed by atoms with E-state index < -0.39 is 19.6 Å². The first-order chi connectivity index (χ1) is 16.1. The van der Waals surface area contributed by atoms with Gasteiger partial charge in [0.1, 0.15) is 14.7 Å². The lowest BCUT2D eigenvalue weighted by Crippen LogP contribution is -2.44. The van der Waals surface area contributed by atoms with E-state index in [-0.39, 0.29) is 18.6 Å². The number of hydrogen-bond acceptors (Lipinski definition) is 5. The first-order valence-corrected chi connectivity index (χ1v) is 15.2. The maximum absolute atomic E-state index is 13.4. The number of aryl methyl sites for hydroxylation is 1. The summed E-state index contributed by atoms with van der Waals surface area (Å²) >= 11 is 0. The van der Waals surface area contributed by atoms with Crippen molar-refractivity contribution >= 4 is 24.9 Å². The highest BCUT2D eigenvalue weighted by molar-refractivity contribution is 6.83. The van der Waals surface area contributed by atoms with Gasteiger partial charge < -0.3 is 14.4 Å². The van der Waals surface area contributed by atoms with Crippen molar-refractivity contribution in [2.75, 3.05) is 0 Å². The van der Waals surface area contributed by atoms with Gasteiger partial charge in [0, 0.05) is 22.1 Å². The van der Waals surface area contributed by atoms with Crippen LogP contribution in [0, 0.1) is 11.5 Å². The van der Waals surface area contributed by atoms with Gasteiger partial charge in [0.25, 0.3) is 5.56 Å². The highest BCUT2D eigenvalue weighted by Crippen LogP contribution is 2.39. The molecule has 0 unspecified atom stereocenters. The molecule has 1 N–H and O–H groups in total. The van der Waals surface area contributed by atoms with Gasteiger partial charge in [0.2, 0.25) is 0 Å². The number of fused-ring (bicyclic) bond motifs is 5. The molecule has 7 heteroatoms. The molecule has 2 aromatic heterocycles. The summed E-state index contributed by atoms with van der Waals surface area (Å²) in [5.74, 6) is 2.67. The highest BCUT2D eigenvalue weighted by Gasteiger charge is 2.45. The van der Waals surface area contributed by atoms with E-state index in [2.05, 4.69) is 56.2 Å². The number of ether oxygens (including phenoxy) is 1. The van der Waals surface area contributed by atoms with Crippen molar-refractivity contribution in [1.82, 2.24) is 9.55 Å². The van der Waals surface area contributed by atoms with Crippen molar-refractivity contribution in [1.29, 1.82) is 0 Å². The number of carbonyl (C=O) groups is 1. The number of pyridine rings is 2. The smallest absolute Gasteiger partial charge is 0.343 e. The minimum absolute atomic E-state index is 0.124. The Labute approximate surface area is 199 Å². The van der Waals surface area contributed by atoms with Gasteiger partial charge in [0.05, 0.1) is 29.0 Å². The fraction of sp³-hybridized carbons (Fsp3) is 0.370. The van der Waals surface area contributed by atoms with Crippen LogP contribution in [0.15, 0.2) is 29.1 Å². The van der Waals surface area contributed by atoms with Crippen LogP contribution in [0.25, 0.3) is 22.3 Å². The molecule has 6 nitrogen and oxygen atoms in total. The second-order valence-corrected chi connectivity index (χ2v) is 14.9. The summed E-state index contributed by atoms with van der Waals surface area (Å²) in [6, 6.07) is 8.01. The van der Waals surface area contributed by atoms with Gasteiger partial charge in [-0.05, 0) is 36.6 Å². The molecule has 0 spiro atoms. The number of benzene rings is 1. The molecule has 2 aliphatic heterocycles. The van der Waals surface area contributed by atoms with Crippen LogP contribution in [-0.2, 0) is 34.7 Å². The van der Waals surface area contributed by atoms with Crippen molar-refractivity contribution in [3.63, 3.8) is 0 Å². The molecule has 0 bridgehead atoms. The van der Waals surface area contributed by atoms with Crippen LogP contribution in [0.2, 0.25) is 19.6 Å². The summed E-state index contributed by atoms with van der Waals surface area (Å²) in [6.45, 7) is 10.7. The normalized spacial score (nSPS) is 18.6. The molecule has 34 heavy (non-hydrogen) atoms. The average Bonchev–Trinajstić information content (AvgIpc) is 3.16. The third-order valence-electron chi connectivity index (χ3n) is 6.71. The zero-order valence-electron chi connectivity index (χ0n) is 20.2. The number of nitrogens with zero attached hydrogens (tertiary/aromatic N) is 2. The van der Waals surface area contributed by atoms with Gasteiger partial charge in [-0.2, -0.15) is 0 Å². The summed E-state index contributed by atoms with van der Waals surface area (Å²) in [5.41, 5.74) is 7.28. The van der Waals surface area contributed by atoms with Gasteiger partial charge in [-0.1, -0.05) is 45.5 Å². The molecule has 2 aliphatic rings. The number of rotatable bonds is 2. The Bertz CT molecular complexity index is 1500. The third-order valence-corrected chi connectivity index (χ3v) is 7.59. The standard InChI is InChI=1S/C27H28N2O4Si/c1-6-16-8-9-17(10-11-34(3,4)5)19-12-18-14-29-22(24(18)28-23(16)19)13-21-20(25(29)30)15-33-26(31)27(21,32)7-2/h8-9,12-13,32H,6-7,14-15H2,1-5H3/t27-/m0/s1.